The van der Waals surface area contributed by atoms with E-state index in [-0.39, 0.29) is 0 Å². The van der Waals surface area contributed by atoms with Crippen molar-refractivity contribution in [1.82, 2.24) is 15.1 Å². The number of carbonyl (C=O) groups is 1. The highest BCUT2D eigenvalue weighted by molar-refractivity contribution is 5.78. The molecule has 0 spiro atoms. The van der Waals surface area contributed by atoms with Gasteiger partial charge in [0.2, 0.25) is 5.91 Å². The third-order valence-corrected chi connectivity index (χ3v) is 5.67. The maximum absolute atomic E-state index is 12.3. The van der Waals surface area contributed by atoms with Gasteiger partial charge in [0.05, 0.1) is 6.54 Å². The van der Waals surface area contributed by atoms with Gasteiger partial charge in [0.15, 0.2) is 0 Å². The van der Waals surface area contributed by atoms with Crippen LogP contribution in [0.1, 0.15) is 45.4 Å². The Hall–Kier alpha value is -0.610. The van der Waals surface area contributed by atoms with Gasteiger partial charge in [0.1, 0.15) is 0 Å². The summed E-state index contributed by atoms with van der Waals surface area (Å²) in [4.78, 5) is 17.1. The van der Waals surface area contributed by atoms with Crippen molar-refractivity contribution in [2.24, 2.45) is 17.8 Å². The summed E-state index contributed by atoms with van der Waals surface area (Å²) in [6, 6.07) is 0. The Bertz CT molecular complexity index is 361. The largest absolute Gasteiger partial charge is 0.341 e. The molecule has 22 heavy (non-hydrogen) atoms. The number of nitrogens with one attached hydrogen (secondary N) is 1. The molecule has 0 aromatic heterocycles. The standard InChI is InChI=1S/C18H33N3O/c1-15-6-9-20(10-7-15)13-17-3-2-8-21(14-17)18(22)12-19-11-16-4-5-16/h15-17,19H,2-14H2,1H3. The van der Waals surface area contributed by atoms with Crippen molar-refractivity contribution in [1.29, 1.82) is 0 Å². The molecule has 126 valence electrons. The first-order chi connectivity index (χ1) is 10.7. The minimum Gasteiger partial charge on any atom is -0.341 e. The van der Waals surface area contributed by atoms with Gasteiger partial charge in [-0.1, -0.05) is 6.92 Å². The summed E-state index contributed by atoms with van der Waals surface area (Å²) in [6.07, 6.45) is 7.87. The van der Waals surface area contributed by atoms with Gasteiger partial charge in [0, 0.05) is 19.6 Å². The van der Waals surface area contributed by atoms with Gasteiger partial charge in [-0.3, -0.25) is 4.79 Å². The molecule has 0 aromatic carbocycles. The predicted molar refractivity (Wildman–Crippen MR) is 89.7 cm³/mol. The lowest BCUT2D eigenvalue weighted by Gasteiger charge is -2.38. The molecule has 1 saturated carbocycles. The van der Waals surface area contributed by atoms with Crippen LogP contribution in [0, 0.1) is 17.8 Å². The van der Waals surface area contributed by atoms with E-state index in [1.807, 2.05) is 0 Å². The summed E-state index contributed by atoms with van der Waals surface area (Å²) < 4.78 is 0. The van der Waals surface area contributed by atoms with Gasteiger partial charge in [-0.15, -0.1) is 0 Å². The Balaban J connectivity index is 1.37. The van der Waals surface area contributed by atoms with E-state index < -0.39 is 0 Å². The summed E-state index contributed by atoms with van der Waals surface area (Å²) >= 11 is 0. The fraction of sp³-hybridized carbons (Fsp3) is 0.944. The fourth-order valence-corrected chi connectivity index (χ4v) is 3.87. The number of rotatable bonds is 6. The van der Waals surface area contributed by atoms with Crippen LogP contribution in [0.15, 0.2) is 0 Å². The first-order valence-electron chi connectivity index (χ1n) is 9.41. The Labute approximate surface area is 135 Å². The first-order valence-corrected chi connectivity index (χ1v) is 9.41. The lowest BCUT2D eigenvalue weighted by molar-refractivity contribution is -0.132. The molecule has 0 aromatic rings. The second-order valence-electron chi connectivity index (χ2n) is 7.91. The monoisotopic (exact) mass is 307 g/mol. The molecule has 1 atom stereocenters. The van der Waals surface area contributed by atoms with Crippen molar-refractivity contribution in [3.63, 3.8) is 0 Å². The van der Waals surface area contributed by atoms with Gasteiger partial charge in [-0.05, 0) is 75.9 Å². The van der Waals surface area contributed by atoms with E-state index in [1.54, 1.807) is 0 Å². The van der Waals surface area contributed by atoms with Gasteiger partial charge < -0.3 is 15.1 Å². The highest BCUT2D eigenvalue weighted by Gasteiger charge is 2.27. The lowest BCUT2D eigenvalue weighted by Crippen LogP contribution is -2.47. The van der Waals surface area contributed by atoms with Crippen molar-refractivity contribution < 1.29 is 4.79 Å². The molecule has 0 radical (unpaired) electrons. The Morgan fingerprint density at radius 3 is 2.55 bits per heavy atom. The van der Waals surface area contributed by atoms with E-state index >= 15 is 0 Å². The van der Waals surface area contributed by atoms with Crippen LogP contribution in [0.4, 0.5) is 0 Å². The SMILES string of the molecule is CC1CCN(CC2CCCN(C(=O)CNCC3CC3)C2)CC1. The van der Waals surface area contributed by atoms with Crippen LogP contribution in [0.5, 0.6) is 0 Å². The molecule has 4 heteroatoms. The smallest absolute Gasteiger partial charge is 0.236 e. The molecule has 1 aliphatic carbocycles. The second-order valence-corrected chi connectivity index (χ2v) is 7.91. The van der Waals surface area contributed by atoms with Gasteiger partial charge in [-0.2, -0.15) is 0 Å². The number of nitrogens with zero attached hydrogens (tertiary/aromatic N) is 2. The number of hydrogen-bond donors (Lipinski definition) is 1. The lowest BCUT2D eigenvalue weighted by atomic mass is 9.94. The number of carbonyl (C=O) groups excluding carboxylic acids is 1. The molecule has 2 heterocycles. The van der Waals surface area contributed by atoms with Crippen LogP contribution in [0.25, 0.3) is 0 Å². The summed E-state index contributed by atoms with van der Waals surface area (Å²) in [7, 11) is 0. The van der Waals surface area contributed by atoms with Gasteiger partial charge in [0.25, 0.3) is 0 Å². The van der Waals surface area contributed by atoms with E-state index in [0.29, 0.717) is 18.4 Å². The molecule has 4 nitrogen and oxygen atoms in total. The molecular formula is C18H33N3O. The van der Waals surface area contributed by atoms with Crippen molar-refractivity contribution in [2.45, 2.75) is 45.4 Å². The van der Waals surface area contributed by atoms with Crippen LogP contribution < -0.4 is 5.32 Å². The van der Waals surface area contributed by atoms with Gasteiger partial charge >= 0.3 is 0 Å². The molecule has 2 saturated heterocycles. The van der Waals surface area contributed by atoms with E-state index in [4.69, 9.17) is 0 Å². The highest BCUT2D eigenvalue weighted by atomic mass is 16.2. The molecule has 1 amide bonds. The van der Waals surface area contributed by atoms with Crippen LogP contribution in [0.3, 0.4) is 0 Å². The molecule has 1 N–H and O–H groups in total. The van der Waals surface area contributed by atoms with Gasteiger partial charge in [-0.25, -0.2) is 0 Å². The van der Waals surface area contributed by atoms with Crippen molar-refractivity contribution >= 4 is 5.91 Å². The first kappa shape index (κ1) is 16.3. The maximum atomic E-state index is 12.3. The van der Waals surface area contributed by atoms with E-state index in [2.05, 4.69) is 22.0 Å². The zero-order valence-corrected chi connectivity index (χ0v) is 14.2. The normalized spacial score (nSPS) is 28.0. The van der Waals surface area contributed by atoms with Crippen molar-refractivity contribution in [2.75, 3.05) is 45.8 Å². The molecule has 3 aliphatic rings. The average molecular weight is 307 g/mol. The second kappa shape index (κ2) is 7.78. The predicted octanol–water partition coefficient (Wildman–Crippen LogP) is 1.96. The Morgan fingerprint density at radius 1 is 1.05 bits per heavy atom. The van der Waals surface area contributed by atoms with Crippen LogP contribution in [-0.4, -0.2) is 61.5 Å². The number of piperidine rings is 2. The third-order valence-electron chi connectivity index (χ3n) is 5.67. The molecular weight excluding hydrogens is 274 g/mol. The zero-order valence-electron chi connectivity index (χ0n) is 14.2. The van der Waals surface area contributed by atoms with Crippen LogP contribution >= 0.6 is 0 Å². The van der Waals surface area contributed by atoms with Crippen LogP contribution in [-0.2, 0) is 4.79 Å². The molecule has 0 bridgehead atoms. The van der Waals surface area contributed by atoms with Crippen LogP contribution in [0.2, 0.25) is 0 Å². The third kappa shape index (κ3) is 4.95. The summed E-state index contributed by atoms with van der Waals surface area (Å²) in [5.74, 6) is 2.76. The average Bonchev–Trinajstić information content (AvgIpc) is 3.34. The van der Waals surface area contributed by atoms with E-state index in [9.17, 15) is 4.79 Å². The summed E-state index contributed by atoms with van der Waals surface area (Å²) in [6.45, 7) is 9.62. The molecule has 3 rings (SSSR count). The Kier molecular flexibility index (Phi) is 5.75. The minimum absolute atomic E-state index is 0.317. The molecule has 3 fully saturated rings. The number of amides is 1. The minimum atomic E-state index is 0.317. The maximum Gasteiger partial charge on any atom is 0.236 e. The number of likely N-dealkylation sites (tertiary alicyclic amines) is 2. The quantitative estimate of drug-likeness (QED) is 0.815. The summed E-state index contributed by atoms with van der Waals surface area (Å²) in [5, 5.41) is 3.34. The van der Waals surface area contributed by atoms with E-state index in [0.717, 1.165) is 31.5 Å². The highest BCUT2D eigenvalue weighted by Crippen LogP contribution is 2.27. The zero-order chi connectivity index (χ0) is 15.4. The molecule has 2 aliphatic heterocycles. The molecule has 1 unspecified atom stereocenters. The summed E-state index contributed by atoms with van der Waals surface area (Å²) in [5.41, 5.74) is 0. The topological polar surface area (TPSA) is 35.6 Å². The van der Waals surface area contributed by atoms with E-state index in [1.165, 1.54) is 58.2 Å². The number of hydrogen-bond acceptors (Lipinski definition) is 3. The van der Waals surface area contributed by atoms with Crippen molar-refractivity contribution in [3.8, 4) is 0 Å². The Morgan fingerprint density at radius 2 is 1.82 bits per heavy atom. The fourth-order valence-electron chi connectivity index (χ4n) is 3.87. The van der Waals surface area contributed by atoms with Crippen molar-refractivity contribution in [3.05, 3.63) is 0 Å².